The maximum absolute atomic E-state index is 5.63. The highest BCUT2D eigenvalue weighted by atomic mass is 16.5. The monoisotopic (exact) mass is 281 g/mol. The summed E-state index contributed by atoms with van der Waals surface area (Å²) in [5.41, 5.74) is 7.72. The van der Waals surface area contributed by atoms with Crippen LogP contribution in [0.2, 0.25) is 0 Å². The van der Waals surface area contributed by atoms with Gasteiger partial charge in [0.1, 0.15) is 5.82 Å². The third-order valence-electron chi connectivity index (χ3n) is 3.10. The van der Waals surface area contributed by atoms with Crippen molar-refractivity contribution in [2.75, 3.05) is 5.73 Å². The number of anilines is 1. The van der Waals surface area contributed by atoms with Gasteiger partial charge in [-0.25, -0.2) is 9.97 Å². The molecule has 0 spiro atoms. The van der Waals surface area contributed by atoms with Gasteiger partial charge in [0, 0.05) is 11.8 Å². The molecule has 21 heavy (non-hydrogen) atoms. The van der Waals surface area contributed by atoms with Crippen molar-refractivity contribution in [3.05, 3.63) is 42.1 Å². The van der Waals surface area contributed by atoms with Crippen LogP contribution in [-0.2, 0) is 0 Å². The van der Waals surface area contributed by atoms with Crippen molar-refractivity contribution in [2.45, 2.75) is 19.8 Å². The van der Waals surface area contributed by atoms with Gasteiger partial charge in [-0.1, -0.05) is 31.1 Å². The highest BCUT2D eigenvalue weighted by Crippen LogP contribution is 2.24. The first-order valence-corrected chi connectivity index (χ1v) is 6.66. The highest BCUT2D eigenvalue weighted by molar-refractivity contribution is 5.57. The Balaban J connectivity index is 1.97. The van der Waals surface area contributed by atoms with Crippen LogP contribution >= 0.6 is 0 Å². The minimum absolute atomic E-state index is 0.326. The molecule has 0 radical (unpaired) electrons. The minimum atomic E-state index is 0.326. The molecule has 1 aromatic carbocycles. The van der Waals surface area contributed by atoms with E-state index in [0.29, 0.717) is 29.3 Å². The number of benzene rings is 1. The van der Waals surface area contributed by atoms with Crippen LogP contribution in [0.3, 0.4) is 0 Å². The van der Waals surface area contributed by atoms with Crippen LogP contribution < -0.4 is 5.73 Å². The molecule has 3 rings (SSSR count). The van der Waals surface area contributed by atoms with Crippen molar-refractivity contribution in [2.24, 2.45) is 0 Å². The molecular formula is C15H15N5O. The molecule has 3 aromatic rings. The van der Waals surface area contributed by atoms with E-state index >= 15 is 0 Å². The Morgan fingerprint density at radius 3 is 2.71 bits per heavy atom. The van der Waals surface area contributed by atoms with E-state index in [0.717, 1.165) is 5.56 Å². The van der Waals surface area contributed by atoms with Crippen LogP contribution in [0, 0.1) is 0 Å². The van der Waals surface area contributed by atoms with Gasteiger partial charge in [-0.15, -0.1) is 0 Å². The van der Waals surface area contributed by atoms with Gasteiger partial charge >= 0.3 is 0 Å². The molecule has 0 aliphatic rings. The molecule has 0 unspecified atom stereocenters. The molecule has 0 atom stereocenters. The summed E-state index contributed by atoms with van der Waals surface area (Å²) in [5, 5.41) is 3.91. The Bertz CT molecular complexity index is 766. The first-order valence-electron chi connectivity index (χ1n) is 6.66. The molecule has 2 heterocycles. The second-order valence-corrected chi connectivity index (χ2v) is 5.01. The Hall–Kier alpha value is -2.76. The van der Waals surface area contributed by atoms with Crippen molar-refractivity contribution in [1.29, 1.82) is 0 Å². The standard InChI is InChI=1S/C15H15N5O/c1-9(2)10-4-3-5-11(8-10)15-19-14(20-21-15)13-17-7-6-12(16)18-13/h3-9H,1-2H3,(H2,16,17,18). The quantitative estimate of drug-likeness (QED) is 0.793. The molecule has 2 aromatic heterocycles. The van der Waals surface area contributed by atoms with Crippen LogP contribution in [0.5, 0.6) is 0 Å². The molecule has 0 aliphatic carbocycles. The fourth-order valence-corrected chi connectivity index (χ4v) is 1.94. The average Bonchev–Trinajstić information content (AvgIpc) is 2.97. The fraction of sp³-hybridized carbons (Fsp3) is 0.200. The fourth-order valence-electron chi connectivity index (χ4n) is 1.94. The lowest BCUT2D eigenvalue weighted by molar-refractivity contribution is 0.432. The third kappa shape index (κ3) is 2.74. The zero-order valence-electron chi connectivity index (χ0n) is 11.8. The van der Waals surface area contributed by atoms with Crippen LogP contribution in [0.25, 0.3) is 23.1 Å². The smallest absolute Gasteiger partial charge is 0.258 e. The van der Waals surface area contributed by atoms with E-state index in [1.807, 2.05) is 18.2 Å². The maximum atomic E-state index is 5.63. The summed E-state index contributed by atoms with van der Waals surface area (Å²) in [6, 6.07) is 9.64. The van der Waals surface area contributed by atoms with E-state index < -0.39 is 0 Å². The number of aromatic nitrogens is 4. The molecule has 0 saturated carbocycles. The molecular weight excluding hydrogens is 266 g/mol. The van der Waals surface area contributed by atoms with E-state index in [-0.39, 0.29) is 0 Å². The van der Waals surface area contributed by atoms with Crippen molar-refractivity contribution in [1.82, 2.24) is 20.1 Å². The summed E-state index contributed by atoms with van der Waals surface area (Å²) in [4.78, 5) is 12.5. The van der Waals surface area contributed by atoms with Crippen molar-refractivity contribution >= 4 is 5.82 Å². The van der Waals surface area contributed by atoms with Gasteiger partial charge in [0.2, 0.25) is 11.6 Å². The van der Waals surface area contributed by atoms with Gasteiger partial charge in [0.25, 0.3) is 5.89 Å². The van der Waals surface area contributed by atoms with E-state index in [9.17, 15) is 0 Å². The first kappa shape index (κ1) is 13.2. The number of hydrogen-bond donors (Lipinski definition) is 1. The molecule has 6 nitrogen and oxygen atoms in total. The zero-order valence-corrected chi connectivity index (χ0v) is 11.8. The summed E-state index contributed by atoms with van der Waals surface area (Å²) in [7, 11) is 0. The van der Waals surface area contributed by atoms with Gasteiger partial charge in [0.05, 0.1) is 0 Å². The lowest BCUT2D eigenvalue weighted by Gasteiger charge is -2.05. The van der Waals surface area contributed by atoms with Crippen LogP contribution in [0.4, 0.5) is 5.82 Å². The Morgan fingerprint density at radius 1 is 1.10 bits per heavy atom. The maximum Gasteiger partial charge on any atom is 0.258 e. The number of nitrogens with two attached hydrogens (primary N) is 1. The summed E-state index contributed by atoms with van der Waals surface area (Å²) in [5.74, 6) is 1.92. The molecule has 2 N–H and O–H groups in total. The number of hydrogen-bond acceptors (Lipinski definition) is 6. The van der Waals surface area contributed by atoms with E-state index in [2.05, 4.69) is 40.0 Å². The van der Waals surface area contributed by atoms with Crippen LogP contribution in [0.15, 0.2) is 41.1 Å². The molecule has 6 heteroatoms. The largest absolute Gasteiger partial charge is 0.384 e. The predicted molar refractivity (Wildman–Crippen MR) is 79.3 cm³/mol. The molecule has 0 fully saturated rings. The lowest BCUT2D eigenvalue weighted by Crippen LogP contribution is -1.95. The van der Waals surface area contributed by atoms with E-state index in [1.165, 1.54) is 5.56 Å². The van der Waals surface area contributed by atoms with E-state index in [1.54, 1.807) is 12.3 Å². The van der Waals surface area contributed by atoms with Crippen molar-refractivity contribution < 1.29 is 4.52 Å². The summed E-state index contributed by atoms with van der Waals surface area (Å²) in [6.07, 6.45) is 1.56. The SMILES string of the molecule is CC(C)c1cccc(-c2nc(-c3nccc(N)n3)no2)c1. The topological polar surface area (TPSA) is 90.7 Å². The van der Waals surface area contributed by atoms with E-state index in [4.69, 9.17) is 10.3 Å². The number of rotatable bonds is 3. The second kappa shape index (κ2) is 5.32. The van der Waals surface area contributed by atoms with Crippen molar-refractivity contribution in [3.63, 3.8) is 0 Å². The number of nitrogen functional groups attached to an aromatic ring is 1. The Kier molecular flexibility index (Phi) is 3.35. The van der Waals surface area contributed by atoms with Gasteiger partial charge in [-0.05, 0) is 29.7 Å². The average molecular weight is 281 g/mol. The number of nitrogens with zero attached hydrogens (tertiary/aromatic N) is 4. The highest BCUT2D eigenvalue weighted by Gasteiger charge is 2.13. The molecule has 0 saturated heterocycles. The van der Waals surface area contributed by atoms with Gasteiger partial charge < -0.3 is 10.3 Å². The summed E-state index contributed by atoms with van der Waals surface area (Å²) in [6.45, 7) is 4.28. The lowest BCUT2D eigenvalue weighted by atomic mass is 10.0. The third-order valence-corrected chi connectivity index (χ3v) is 3.10. The van der Waals surface area contributed by atoms with Gasteiger partial charge in [-0.3, -0.25) is 0 Å². The second-order valence-electron chi connectivity index (χ2n) is 5.01. The molecule has 0 bridgehead atoms. The van der Waals surface area contributed by atoms with Crippen LogP contribution in [-0.4, -0.2) is 20.1 Å². The molecule has 106 valence electrons. The minimum Gasteiger partial charge on any atom is -0.384 e. The summed E-state index contributed by atoms with van der Waals surface area (Å²) >= 11 is 0. The van der Waals surface area contributed by atoms with Crippen molar-refractivity contribution in [3.8, 4) is 23.1 Å². The zero-order chi connectivity index (χ0) is 14.8. The van der Waals surface area contributed by atoms with Gasteiger partial charge in [-0.2, -0.15) is 4.98 Å². The van der Waals surface area contributed by atoms with Crippen LogP contribution in [0.1, 0.15) is 25.3 Å². The molecule has 0 aliphatic heterocycles. The molecule has 0 amide bonds. The Labute approximate surface area is 122 Å². The first-order chi connectivity index (χ1) is 10.1. The summed E-state index contributed by atoms with van der Waals surface area (Å²) < 4.78 is 5.30. The Morgan fingerprint density at radius 2 is 1.95 bits per heavy atom. The normalized spacial score (nSPS) is 11.0. The van der Waals surface area contributed by atoms with Gasteiger partial charge in [0.15, 0.2) is 0 Å². The predicted octanol–water partition coefficient (Wildman–Crippen LogP) is 2.90.